The van der Waals surface area contributed by atoms with Crippen LogP contribution >= 0.6 is 11.6 Å². The highest BCUT2D eigenvalue weighted by molar-refractivity contribution is 6.32. The molecule has 6 heteroatoms. The van der Waals surface area contributed by atoms with E-state index in [0.29, 0.717) is 41.3 Å². The summed E-state index contributed by atoms with van der Waals surface area (Å²) in [5.74, 6) is 0.324. The van der Waals surface area contributed by atoms with Crippen LogP contribution in [-0.4, -0.2) is 30.8 Å². The highest BCUT2D eigenvalue weighted by atomic mass is 35.5. The van der Waals surface area contributed by atoms with Gasteiger partial charge in [-0.05, 0) is 44.9 Å². The molecule has 3 rings (SSSR count). The molecule has 1 aromatic heterocycles. The minimum absolute atomic E-state index is 0.144. The Bertz CT molecular complexity index is 825. The first-order valence-electron chi connectivity index (χ1n) is 9.93. The number of methoxy groups -OCH3 is 1. The number of aryl methyl sites for hydroxylation is 1. The SMILES string of the molecule is COCCOc1c(Cl)cccc1NC(=O)c1cc(C)n(C2CCCCC2)c1C. The summed E-state index contributed by atoms with van der Waals surface area (Å²) in [6, 6.07) is 7.82. The molecule has 1 fully saturated rings. The highest BCUT2D eigenvalue weighted by Crippen LogP contribution is 2.35. The van der Waals surface area contributed by atoms with Crippen molar-refractivity contribution in [3.05, 3.63) is 46.2 Å². The fourth-order valence-electron chi connectivity index (χ4n) is 4.08. The number of nitrogens with zero attached hydrogens (tertiary/aromatic N) is 1. The maximum Gasteiger partial charge on any atom is 0.257 e. The molecule has 0 bridgehead atoms. The zero-order valence-electron chi connectivity index (χ0n) is 16.9. The van der Waals surface area contributed by atoms with Gasteiger partial charge in [0.25, 0.3) is 5.91 Å². The fraction of sp³-hybridized carbons (Fsp3) is 0.500. The van der Waals surface area contributed by atoms with Gasteiger partial charge in [0.15, 0.2) is 5.75 Å². The van der Waals surface area contributed by atoms with E-state index in [1.165, 1.54) is 32.1 Å². The number of hydrogen-bond donors (Lipinski definition) is 1. The average Bonchev–Trinajstić information content (AvgIpc) is 2.99. The molecule has 0 radical (unpaired) electrons. The predicted octanol–water partition coefficient (Wildman–Crippen LogP) is 5.54. The van der Waals surface area contributed by atoms with Crippen LogP contribution < -0.4 is 10.1 Å². The van der Waals surface area contributed by atoms with Gasteiger partial charge in [0.1, 0.15) is 6.61 Å². The first-order valence-corrected chi connectivity index (χ1v) is 10.3. The third kappa shape index (κ3) is 4.53. The van der Waals surface area contributed by atoms with Crippen LogP contribution in [-0.2, 0) is 4.74 Å². The van der Waals surface area contributed by atoms with Crippen molar-refractivity contribution >= 4 is 23.2 Å². The van der Waals surface area contributed by atoms with E-state index < -0.39 is 0 Å². The number of halogens is 1. The second kappa shape index (κ2) is 9.48. The van der Waals surface area contributed by atoms with E-state index in [0.717, 1.165) is 11.4 Å². The van der Waals surface area contributed by atoms with Crippen LogP contribution in [0.2, 0.25) is 5.02 Å². The normalized spacial score (nSPS) is 14.9. The van der Waals surface area contributed by atoms with E-state index in [2.05, 4.69) is 16.8 Å². The molecule has 28 heavy (non-hydrogen) atoms. The van der Waals surface area contributed by atoms with Gasteiger partial charge >= 0.3 is 0 Å². The van der Waals surface area contributed by atoms with E-state index in [4.69, 9.17) is 21.1 Å². The number of amides is 1. The Hall–Kier alpha value is -1.98. The van der Waals surface area contributed by atoms with Crippen LogP contribution in [0.1, 0.15) is 59.9 Å². The van der Waals surface area contributed by atoms with Crippen molar-refractivity contribution in [3.8, 4) is 5.75 Å². The summed E-state index contributed by atoms with van der Waals surface area (Å²) >= 11 is 6.28. The van der Waals surface area contributed by atoms with Crippen molar-refractivity contribution in [1.82, 2.24) is 4.57 Å². The topological polar surface area (TPSA) is 52.5 Å². The standard InChI is InChI=1S/C22H29ClN2O3/c1-15-14-18(16(2)25(15)17-8-5-4-6-9-17)22(26)24-20-11-7-10-19(23)21(20)28-13-12-27-3/h7,10-11,14,17H,4-6,8-9,12-13H2,1-3H3,(H,24,26). The van der Waals surface area contributed by atoms with Gasteiger partial charge in [-0.3, -0.25) is 4.79 Å². The smallest absolute Gasteiger partial charge is 0.257 e. The number of para-hydroxylation sites is 1. The van der Waals surface area contributed by atoms with Gasteiger partial charge in [-0.2, -0.15) is 0 Å². The summed E-state index contributed by atoms with van der Waals surface area (Å²) in [7, 11) is 1.61. The van der Waals surface area contributed by atoms with Crippen molar-refractivity contribution in [2.45, 2.75) is 52.0 Å². The Morgan fingerprint density at radius 3 is 2.68 bits per heavy atom. The number of carbonyl (C=O) groups is 1. The van der Waals surface area contributed by atoms with Gasteiger partial charge in [-0.25, -0.2) is 0 Å². The third-order valence-corrected chi connectivity index (χ3v) is 5.72. The van der Waals surface area contributed by atoms with Crippen LogP contribution in [0.4, 0.5) is 5.69 Å². The Labute approximate surface area is 172 Å². The molecular weight excluding hydrogens is 376 g/mol. The number of nitrogens with one attached hydrogen (secondary N) is 1. The maximum atomic E-state index is 13.0. The molecule has 0 unspecified atom stereocenters. The molecule has 5 nitrogen and oxygen atoms in total. The van der Waals surface area contributed by atoms with Crippen LogP contribution in [0.15, 0.2) is 24.3 Å². The molecule has 1 aliphatic rings. The number of ether oxygens (including phenoxy) is 2. The summed E-state index contributed by atoms with van der Waals surface area (Å²) in [6.07, 6.45) is 6.19. The van der Waals surface area contributed by atoms with Gasteiger partial charge < -0.3 is 19.4 Å². The second-order valence-electron chi connectivity index (χ2n) is 7.36. The Morgan fingerprint density at radius 1 is 1.21 bits per heavy atom. The number of hydrogen-bond acceptors (Lipinski definition) is 3. The minimum Gasteiger partial charge on any atom is -0.487 e. The summed E-state index contributed by atoms with van der Waals surface area (Å²) in [4.78, 5) is 13.0. The summed E-state index contributed by atoms with van der Waals surface area (Å²) < 4.78 is 13.1. The van der Waals surface area contributed by atoms with E-state index in [9.17, 15) is 4.79 Å². The van der Waals surface area contributed by atoms with Gasteiger partial charge in [0, 0.05) is 24.5 Å². The second-order valence-corrected chi connectivity index (χ2v) is 7.77. The molecule has 1 N–H and O–H groups in total. The minimum atomic E-state index is -0.144. The van der Waals surface area contributed by atoms with Gasteiger partial charge in [0.2, 0.25) is 0 Å². The van der Waals surface area contributed by atoms with Crippen LogP contribution in [0.25, 0.3) is 0 Å². The van der Waals surface area contributed by atoms with Crippen LogP contribution in [0.5, 0.6) is 5.75 Å². The number of carbonyl (C=O) groups excluding carboxylic acids is 1. The van der Waals surface area contributed by atoms with E-state index in [1.807, 2.05) is 13.0 Å². The molecule has 1 aromatic carbocycles. The lowest BCUT2D eigenvalue weighted by Crippen LogP contribution is -2.18. The van der Waals surface area contributed by atoms with E-state index >= 15 is 0 Å². The molecule has 1 saturated carbocycles. The van der Waals surface area contributed by atoms with Crippen molar-refractivity contribution in [1.29, 1.82) is 0 Å². The molecule has 0 saturated heterocycles. The van der Waals surface area contributed by atoms with E-state index in [1.54, 1.807) is 25.3 Å². The molecular formula is C22H29ClN2O3. The van der Waals surface area contributed by atoms with Crippen LogP contribution in [0, 0.1) is 13.8 Å². The Morgan fingerprint density at radius 2 is 1.96 bits per heavy atom. The number of aromatic nitrogens is 1. The Balaban J connectivity index is 1.81. The molecule has 0 atom stereocenters. The zero-order valence-corrected chi connectivity index (χ0v) is 17.6. The summed E-state index contributed by atoms with van der Waals surface area (Å²) in [5, 5.41) is 3.44. The maximum absolute atomic E-state index is 13.0. The van der Waals surface area contributed by atoms with E-state index in [-0.39, 0.29) is 5.91 Å². The molecule has 0 aliphatic heterocycles. The molecule has 1 amide bonds. The van der Waals surface area contributed by atoms with Crippen LogP contribution in [0.3, 0.4) is 0 Å². The fourth-order valence-corrected chi connectivity index (χ4v) is 4.31. The highest BCUT2D eigenvalue weighted by Gasteiger charge is 2.23. The molecule has 0 spiro atoms. The van der Waals surface area contributed by atoms with Crippen molar-refractivity contribution in [2.24, 2.45) is 0 Å². The first kappa shape index (κ1) is 20.7. The van der Waals surface area contributed by atoms with Crippen molar-refractivity contribution in [3.63, 3.8) is 0 Å². The Kier molecular flexibility index (Phi) is 7.03. The summed E-state index contributed by atoms with van der Waals surface area (Å²) in [6.45, 7) is 4.92. The number of rotatable bonds is 7. The molecule has 152 valence electrons. The lowest BCUT2D eigenvalue weighted by molar-refractivity contribution is 0.102. The largest absolute Gasteiger partial charge is 0.487 e. The first-order chi connectivity index (χ1) is 13.5. The lowest BCUT2D eigenvalue weighted by Gasteiger charge is -2.26. The van der Waals surface area contributed by atoms with Crippen molar-refractivity contribution < 1.29 is 14.3 Å². The predicted molar refractivity (Wildman–Crippen MR) is 113 cm³/mol. The number of benzene rings is 1. The molecule has 1 aliphatic carbocycles. The van der Waals surface area contributed by atoms with Gasteiger partial charge in [-0.1, -0.05) is 36.9 Å². The summed E-state index contributed by atoms with van der Waals surface area (Å²) in [5.41, 5.74) is 3.42. The monoisotopic (exact) mass is 404 g/mol. The third-order valence-electron chi connectivity index (χ3n) is 5.42. The van der Waals surface area contributed by atoms with Gasteiger partial charge in [0.05, 0.1) is 22.9 Å². The molecule has 1 heterocycles. The van der Waals surface area contributed by atoms with Gasteiger partial charge in [-0.15, -0.1) is 0 Å². The quantitative estimate of drug-likeness (QED) is 0.616. The molecule has 2 aromatic rings. The lowest BCUT2D eigenvalue weighted by atomic mass is 9.95. The zero-order chi connectivity index (χ0) is 20.1. The number of anilines is 1. The average molecular weight is 405 g/mol. The van der Waals surface area contributed by atoms with Crippen molar-refractivity contribution in [2.75, 3.05) is 25.6 Å².